The lowest BCUT2D eigenvalue weighted by Gasteiger charge is -2.26. The van der Waals surface area contributed by atoms with Gasteiger partial charge in [0.2, 0.25) is 23.8 Å². The molecule has 0 aliphatic carbocycles. The van der Waals surface area contributed by atoms with E-state index in [0.717, 1.165) is 6.20 Å². The summed E-state index contributed by atoms with van der Waals surface area (Å²) < 4.78 is 45.4. The SMILES string of the molecule is Cc1cc(N2C(=O)CC(=O)NC2=O)cnc1OC(c1ccccc1)C(F)(F)F. The summed E-state index contributed by atoms with van der Waals surface area (Å²) in [6.45, 7) is 1.43. The number of barbiturate groups is 1. The smallest absolute Gasteiger partial charge is 0.429 e. The van der Waals surface area contributed by atoms with Crippen LogP contribution >= 0.6 is 0 Å². The molecule has 1 atom stereocenters. The third-order valence-electron chi connectivity index (χ3n) is 3.91. The number of ether oxygens (including phenoxy) is 1. The maximum atomic E-state index is 13.4. The van der Waals surface area contributed by atoms with E-state index in [0.29, 0.717) is 4.90 Å². The Hall–Kier alpha value is -3.43. The van der Waals surface area contributed by atoms with Crippen LogP contribution in [-0.4, -0.2) is 29.0 Å². The molecule has 0 saturated carbocycles. The number of nitrogens with zero attached hydrogens (tertiary/aromatic N) is 2. The first-order valence-corrected chi connectivity index (χ1v) is 8.08. The van der Waals surface area contributed by atoms with E-state index in [1.165, 1.54) is 37.3 Å². The van der Waals surface area contributed by atoms with Gasteiger partial charge in [0.05, 0.1) is 11.9 Å². The molecule has 1 aromatic carbocycles. The molecular weight excluding hydrogens is 379 g/mol. The number of pyridine rings is 1. The number of aryl methyl sites for hydroxylation is 1. The molecule has 0 radical (unpaired) electrons. The summed E-state index contributed by atoms with van der Waals surface area (Å²) in [7, 11) is 0. The minimum atomic E-state index is -4.68. The van der Waals surface area contributed by atoms with Gasteiger partial charge < -0.3 is 4.74 Å². The standard InChI is InChI=1S/C18H14F3N3O4/c1-10-7-12(24-14(26)8-13(25)23-17(24)27)9-22-16(10)28-15(18(19,20)21)11-5-3-2-4-6-11/h2-7,9,15H,8H2,1H3,(H,23,25,27). The van der Waals surface area contributed by atoms with Crippen LogP contribution < -0.4 is 15.0 Å². The van der Waals surface area contributed by atoms with Crippen LogP contribution in [-0.2, 0) is 9.59 Å². The van der Waals surface area contributed by atoms with E-state index in [1.807, 2.05) is 5.32 Å². The van der Waals surface area contributed by atoms with Gasteiger partial charge in [0.15, 0.2) is 0 Å². The van der Waals surface area contributed by atoms with Gasteiger partial charge in [-0.15, -0.1) is 0 Å². The summed E-state index contributed by atoms with van der Waals surface area (Å²) in [6, 6.07) is 7.42. The van der Waals surface area contributed by atoms with Crippen LogP contribution in [0.1, 0.15) is 23.7 Å². The second-order valence-corrected chi connectivity index (χ2v) is 6.03. The van der Waals surface area contributed by atoms with Crippen LogP contribution in [0.15, 0.2) is 42.6 Å². The lowest BCUT2D eigenvalue weighted by Crippen LogP contribution is -2.53. The average Bonchev–Trinajstić information content (AvgIpc) is 2.60. The minimum Gasteiger partial charge on any atom is -0.460 e. The van der Waals surface area contributed by atoms with Crippen molar-refractivity contribution in [3.8, 4) is 5.88 Å². The third kappa shape index (κ3) is 3.95. The van der Waals surface area contributed by atoms with Crippen molar-refractivity contribution < 1.29 is 32.3 Å². The molecule has 1 unspecified atom stereocenters. The quantitative estimate of drug-likeness (QED) is 0.807. The molecule has 7 nitrogen and oxygen atoms in total. The molecule has 0 bridgehead atoms. The number of halogens is 3. The van der Waals surface area contributed by atoms with Gasteiger partial charge in [0, 0.05) is 11.1 Å². The van der Waals surface area contributed by atoms with Crippen molar-refractivity contribution in [3.05, 3.63) is 53.7 Å². The topological polar surface area (TPSA) is 88.6 Å². The summed E-state index contributed by atoms with van der Waals surface area (Å²) in [5.41, 5.74) is 0.104. The number of alkyl halides is 3. The monoisotopic (exact) mass is 393 g/mol. The molecule has 3 rings (SSSR count). The first-order valence-electron chi connectivity index (χ1n) is 8.08. The van der Waals surface area contributed by atoms with Crippen LogP contribution in [0, 0.1) is 6.92 Å². The van der Waals surface area contributed by atoms with Crippen molar-refractivity contribution in [1.29, 1.82) is 0 Å². The highest BCUT2D eigenvalue weighted by Crippen LogP contribution is 2.37. The van der Waals surface area contributed by atoms with Crippen LogP contribution in [0.3, 0.4) is 0 Å². The molecule has 1 saturated heterocycles. The van der Waals surface area contributed by atoms with Crippen LogP contribution in [0.25, 0.3) is 0 Å². The Kier molecular flexibility index (Phi) is 5.04. The third-order valence-corrected chi connectivity index (χ3v) is 3.91. The number of urea groups is 1. The minimum absolute atomic E-state index is 0.0168. The molecule has 1 aliphatic rings. The molecule has 1 fully saturated rings. The number of aromatic nitrogens is 1. The maximum Gasteiger partial charge on any atom is 0.429 e. The number of amides is 4. The maximum absolute atomic E-state index is 13.4. The second kappa shape index (κ2) is 7.29. The first kappa shape index (κ1) is 19.3. The van der Waals surface area contributed by atoms with Gasteiger partial charge in [0.1, 0.15) is 6.42 Å². The van der Waals surface area contributed by atoms with Gasteiger partial charge in [0.25, 0.3) is 0 Å². The van der Waals surface area contributed by atoms with Gasteiger partial charge in [-0.3, -0.25) is 14.9 Å². The number of imide groups is 2. The molecule has 1 N–H and O–H groups in total. The number of carbonyl (C=O) groups is 3. The predicted octanol–water partition coefficient (Wildman–Crippen LogP) is 3.05. The highest BCUT2D eigenvalue weighted by Gasteiger charge is 2.43. The van der Waals surface area contributed by atoms with E-state index >= 15 is 0 Å². The number of carbonyl (C=O) groups excluding carboxylic acids is 3. The molecule has 0 spiro atoms. The average molecular weight is 393 g/mol. The Morgan fingerprint density at radius 3 is 2.43 bits per heavy atom. The number of hydrogen-bond donors (Lipinski definition) is 1. The highest BCUT2D eigenvalue weighted by molar-refractivity contribution is 6.26. The first-order chi connectivity index (χ1) is 13.2. The Labute approximate surface area is 157 Å². The molecule has 28 heavy (non-hydrogen) atoms. The number of anilines is 1. The predicted molar refractivity (Wildman–Crippen MR) is 90.5 cm³/mol. The summed E-state index contributed by atoms with van der Waals surface area (Å²) in [5.74, 6) is -1.79. The number of rotatable bonds is 4. The molecule has 1 aromatic heterocycles. The van der Waals surface area contributed by atoms with Crippen molar-refractivity contribution in [3.63, 3.8) is 0 Å². The Morgan fingerprint density at radius 2 is 1.86 bits per heavy atom. The number of nitrogens with one attached hydrogen (secondary N) is 1. The van der Waals surface area contributed by atoms with Gasteiger partial charge in [-0.25, -0.2) is 14.7 Å². The lowest BCUT2D eigenvalue weighted by atomic mass is 10.1. The Morgan fingerprint density at radius 1 is 1.18 bits per heavy atom. The Bertz CT molecular complexity index is 911. The molecular formula is C18H14F3N3O4. The zero-order chi connectivity index (χ0) is 20.5. The summed E-state index contributed by atoms with van der Waals surface area (Å²) in [4.78, 5) is 39.6. The zero-order valence-corrected chi connectivity index (χ0v) is 14.5. The van der Waals surface area contributed by atoms with Crippen molar-refractivity contribution >= 4 is 23.5 Å². The second-order valence-electron chi connectivity index (χ2n) is 6.03. The van der Waals surface area contributed by atoms with Gasteiger partial charge in [-0.1, -0.05) is 30.3 Å². The number of hydrogen-bond acceptors (Lipinski definition) is 5. The lowest BCUT2D eigenvalue weighted by molar-refractivity contribution is -0.198. The van der Waals surface area contributed by atoms with E-state index < -0.39 is 36.5 Å². The van der Waals surface area contributed by atoms with Crippen LogP contribution in [0.5, 0.6) is 5.88 Å². The fraction of sp³-hybridized carbons (Fsp3) is 0.222. The van der Waals surface area contributed by atoms with Gasteiger partial charge in [-0.2, -0.15) is 13.2 Å². The van der Waals surface area contributed by atoms with E-state index in [-0.39, 0.29) is 22.7 Å². The molecule has 1 aliphatic heterocycles. The van der Waals surface area contributed by atoms with E-state index in [2.05, 4.69) is 4.98 Å². The fourth-order valence-corrected chi connectivity index (χ4v) is 2.67. The highest BCUT2D eigenvalue weighted by atomic mass is 19.4. The van der Waals surface area contributed by atoms with E-state index in [9.17, 15) is 27.6 Å². The molecule has 4 amide bonds. The van der Waals surface area contributed by atoms with Gasteiger partial charge >= 0.3 is 12.2 Å². The largest absolute Gasteiger partial charge is 0.460 e. The summed E-state index contributed by atoms with van der Waals surface area (Å²) >= 11 is 0. The molecule has 146 valence electrons. The van der Waals surface area contributed by atoms with E-state index in [1.54, 1.807) is 6.07 Å². The normalized spacial score (nSPS) is 16.0. The number of benzene rings is 1. The van der Waals surface area contributed by atoms with Gasteiger partial charge in [-0.05, 0) is 13.0 Å². The summed E-state index contributed by atoms with van der Waals surface area (Å²) in [5, 5.41) is 1.99. The van der Waals surface area contributed by atoms with Crippen molar-refractivity contribution in [1.82, 2.24) is 10.3 Å². The van der Waals surface area contributed by atoms with Crippen LogP contribution in [0.2, 0.25) is 0 Å². The van der Waals surface area contributed by atoms with Crippen molar-refractivity contribution in [2.75, 3.05) is 4.90 Å². The van der Waals surface area contributed by atoms with Crippen LogP contribution in [0.4, 0.5) is 23.7 Å². The van der Waals surface area contributed by atoms with Crippen molar-refractivity contribution in [2.45, 2.75) is 25.6 Å². The fourth-order valence-electron chi connectivity index (χ4n) is 2.67. The summed E-state index contributed by atoms with van der Waals surface area (Å²) in [6.07, 6.45) is -6.40. The zero-order valence-electron chi connectivity index (χ0n) is 14.5. The molecule has 10 heteroatoms. The molecule has 2 heterocycles. The van der Waals surface area contributed by atoms with E-state index in [4.69, 9.17) is 4.74 Å². The molecule has 2 aromatic rings. The Balaban J connectivity index is 1.89. The van der Waals surface area contributed by atoms with Crippen molar-refractivity contribution in [2.24, 2.45) is 0 Å².